The number of aromatic nitrogens is 5. The van der Waals surface area contributed by atoms with Gasteiger partial charge in [-0.3, -0.25) is 23.7 Å². The number of carboxylic acid groups (broad SMARTS) is 1. The van der Waals surface area contributed by atoms with Crippen molar-refractivity contribution in [3.05, 3.63) is 11.1 Å². The number of aryl methyl sites for hydroxylation is 1. The number of anilines is 1. The molecular weight excluding hydrogens is 613 g/mol. The van der Waals surface area contributed by atoms with Crippen molar-refractivity contribution in [2.75, 3.05) is 36.1 Å². The fourth-order valence-corrected chi connectivity index (χ4v) is 7.32. The number of nitrogens with zero attached hydrogens (tertiary/aromatic N) is 7. The van der Waals surface area contributed by atoms with E-state index >= 15 is 0 Å². The number of nitrogens with one attached hydrogen (secondary N) is 2. The number of carbonyl (C=O) groups is 4. The van der Waals surface area contributed by atoms with Crippen LogP contribution in [0.15, 0.2) is 15.7 Å². The third-order valence-electron chi connectivity index (χ3n) is 5.72. The molecule has 18 nitrogen and oxygen atoms in total. The lowest BCUT2D eigenvalue weighted by Crippen LogP contribution is -2.74. The van der Waals surface area contributed by atoms with E-state index in [0.29, 0.717) is 11.6 Å². The van der Waals surface area contributed by atoms with Gasteiger partial charge in [-0.2, -0.15) is 0 Å². The second-order valence-electron chi connectivity index (χ2n) is 8.54. The molecule has 3 amide bonds. The summed E-state index contributed by atoms with van der Waals surface area (Å²) < 4.78 is 12.5. The largest absolute Gasteiger partial charge is 0.481 e. The summed E-state index contributed by atoms with van der Waals surface area (Å²) in [6.07, 6.45) is -0.260. The van der Waals surface area contributed by atoms with Gasteiger partial charge >= 0.3 is 13.6 Å². The third kappa shape index (κ3) is 6.61. The fourth-order valence-electron chi connectivity index (χ4n) is 3.64. The standard InChI is InChI=1S/C18H22N9O9PS3/c1-26-17(22-24-25-26)40-7-18(15(31)32)5-27-13(30)11(14(27)39-6-18)21-12(29)10(23-36-2-3-37(33,34)35)9-4-38-16(20-9)19-8-28/h4,8,11,14H,2-3,5-7H2,1H3,(H,21,29)(H,31,32)(H,19,20,28)(H2,33,34,35)/t11?,14-,18?/m1/s1. The zero-order valence-corrected chi connectivity index (χ0v) is 23.8. The number of thioether (sulfide) groups is 2. The van der Waals surface area contributed by atoms with E-state index in [2.05, 4.69) is 36.3 Å². The first-order valence-electron chi connectivity index (χ1n) is 11.2. The summed E-state index contributed by atoms with van der Waals surface area (Å²) in [5.74, 6) is -2.17. The molecule has 4 heterocycles. The lowest BCUT2D eigenvalue weighted by molar-refractivity contribution is -0.157. The molecule has 4 rings (SSSR count). The number of carbonyl (C=O) groups excluding carboxylic acids is 3. The van der Waals surface area contributed by atoms with E-state index in [1.54, 1.807) is 7.05 Å². The predicted octanol–water partition coefficient (Wildman–Crippen LogP) is -1.60. The number of amides is 3. The highest BCUT2D eigenvalue weighted by molar-refractivity contribution is 8.00. The number of carboxylic acids is 1. The monoisotopic (exact) mass is 635 g/mol. The molecule has 216 valence electrons. The number of hydrogen-bond donors (Lipinski definition) is 5. The normalized spacial score (nSPS) is 22.7. The molecule has 0 aliphatic carbocycles. The Bertz CT molecular complexity index is 1380. The van der Waals surface area contributed by atoms with Gasteiger partial charge in [-0.25, -0.2) is 9.67 Å². The SMILES string of the molecule is Cn1nnnc1SCC1(C(=O)O)CS[C@@H]2C(NC(=O)C(=NOCCP(=O)(O)O)c3csc(NC=O)n3)C(=O)N2C1. The summed E-state index contributed by atoms with van der Waals surface area (Å²) >= 11 is 3.34. The molecule has 5 N–H and O–H groups in total. The minimum atomic E-state index is -4.37. The van der Waals surface area contributed by atoms with Crippen LogP contribution < -0.4 is 10.6 Å². The number of rotatable bonds is 13. The van der Waals surface area contributed by atoms with Crippen molar-refractivity contribution >= 4 is 77.5 Å². The summed E-state index contributed by atoms with van der Waals surface area (Å²) in [7, 11) is -2.75. The van der Waals surface area contributed by atoms with Crippen molar-refractivity contribution in [3.63, 3.8) is 0 Å². The maximum Gasteiger partial charge on any atom is 0.329 e. The predicted molar refractivity (Wildman–Crippen MR) is 141 cm³/mol. The van der Waals surface area contributed by atoms with Gasteiger partial charge in [-0.05, 0) is 10.4 Å². The Morgan fingerprint density at radius 2 is 2.20 bits per heavy atom. The number of tetrazole rings is 1. The molecule has 2 aromatic heterocycles. The molecule has 3 atom stereocenters. The average molecular weight is 636 g/mol. The lowest BCUT2D eigenvalue weighted by atomic mass is 9.89. The number of hydrogen-bond acceptors (Lipinski definition) is 14. The smallest absolute Gasteiger partial charge is 0.329 e. The van der Waals surface area contributed by atoms with Crippen LogP contribution in [0.3, 0.4) is 0 Å². The van der Waals surface area contributed by atoms with Crippen LogP contribution in [-0.4, -0.2) is 117 Å². The van der Waals surface area contributed by atoms with E-state index in [9.17, 15) is 28.8 Å². The van der Waals surface area contributed by atoms with Gasteiger partial charge in [0.2, 0.25) is 17.5 Å². The molecule has 2 aliphatic rings. The van der Waals surface area contributed by atoms with Crippen molar-refractivity contribution in [2.45, 2.75) is 16.6 Å². The second kappa shape index (κ2) is 12.2. The van der Waals surface area contributed by atoms with Crippen LogP contribution >= 0.6 is 42.5 Å². The Morgan fingerprint density at radius 3 is 2.85 bits per heavy atom. The quantitative estimate of drug-likeness (QED) is 0.0316. The van der Waals surface area contributed by atoms with Crippen LogP contribution in [0.4, 0.5) is 5.13 Å². The Morgan fingerprint density at radius 1 is 1.43 bits per heavy atom. The van der Waals surface area contributed by atoms with Crippen molar-refractivity contribution in [3.8, 4) is 0 Å². The average Bonchev–Trinajstić information content (AvgIpc) is 3.53. The zero-order valence-electron chi connectivity index (χ0n) is 20.4. The van der Waals surface area contributed by atoms with Crippen LogP contribution in [0.1, 0.15) is 5.69 Å². The van der Waals surface area contributed by atoms with Gasteiger partial charge in [-0.1, -0.05) is 16.9 Å². The first-order chi connectivity index (χ1) is 18.9. The van der Waals surface area contributed by atoms with Crippen LogP contribution in [0.5, 0.6) is 0 Å². The molecule has 2 saturated heterocycles. The molecule has 0 spiro atoms. The number of β-lactam (4-membered cyclic amide) rings is 1. The fraction of sp³-hybridized carbons (Fsp3) is 0.500. The lowest BCUT2D eigenvalue weighted by Gasteiger charge is -2.53. The summed E-state index contributed by atoms with van der Waals surface area (Å²) in [6, 6.07) is -0.994. The summed E-state index contributed by atoms with van der Waals surface area (Å²) in [5, 5.41) is 31.1. The Kier molecular flexibility index (Phi) is 9.10. The molecule has 22 heteroatoms. The van der Waals surface area contributed by atoms with E-state index in [1.165, 1.54) is 26.7 Å². The van der Waals surface area contributed by atoms with Gasteiger partial charge in [0, 0.05) is 30.5 Å². The minimum Gasteiger partial charge on any atom is -0.481 e. The Hall–Kier alpha value is -3.10. The molecule has 2 aromatic rings. The van der Waals surface area contributed by atoms with E-state index in [-0.39, 0.29) is 34.6 Å². The van der Waals surface area contributed by atoms with Crippen molar-refractivity contribution in [1.82, 2.24) is 35.4 Å². The number of fused-ring (bicyclic) bond motifs is 1. The topological polar surface area (TPSA) is 251 Å². The molecule has 0 radical (unpaired) electrons. The summed E-state index contributed by atoms with van der Waals surface area (Å²) in [4.78, 5) is 77.4. The highest BCUT2D eigenvalue weighted by Crippen LogP contribution is 2.44. The van der Waals surface area contributed by atoms with Gasteiger partial charge in [0.25, 0.3) is 5.91 Å². The van der Waals surface area contributed by atoms with Gasteiger partial charge in [0.1, 0.15) is 29.1 Å². The first kappa shape index (κ1) is 29.9. The first-order valence-corrected chi connectivity index (χ1v) is 15.9. The third-order valence-corrected chi connectivity index (χ3v) is 10.1. The van der Waals surface area contributed by atoms with E-state index in [1.807, 2.05) is 0 Å². The molecular formula is C18H22N9O9PS3. The molecule has 2 fully saturated rings. The highest BCUT2D eigenvalue weighted by atomic mass is 32.2. The van der Waals surface area contributed by atoms with Crippen molar-refractivity contribution < 1.29 is 43.5 Å². The molecule has 2 unspecified atom stereocenters. The van der Waals surface area contributed by atoms with Crippen LogP contribution in [0.2, 0.25) is 0 Å². The number of aliphatic carboxylic acids is 1. The van der Waals surface area contributed by atoms with Crippen molar-refractivity contribution in [1.29, 1.82) is 0 Å². The zero-order chi connectivity index (χ0) is 29.1. The molecule has 40 heavy (non-hydrogen) atoms. The van der Waals surface area contributed by atoms with Gasteiger partial charge in [0.15, 0.2) is 10.8 Å². The van der Waals surface area contributed by atoms with Crippen molar-refractivity contribution in [2.24, 2.45) is 17.6 Å². The van der Waals surface area contributed by atoms with Crippen LogP contribution in [-0.2, 0) is 35.6 Å². The van der Waals surface area contributed by atoms with E-state index < -0.39 is 55.0 Å². The number of oxime groups is 1. The maximum atomic E-state index is 13.1. The summed E-state index contributed by atoms with van der Waals surface area (Å²) in [5.41, 5.74) is -1.67. The second-order valence-corrected chi connectivity index (χ2v) is 13.2. The minimum absolute atomic E-state index is 0.0110. The van der Waals surface area contributed by atoms with Crippen LogP contribution in [0.25, 0.3) is 0 Å². The number of thiazole rings is 1. The Labute approximate surface area is 237 Å². The van der Waals surface area contributed by atoms with Crippen LogP contribution in [0, 0.1) is 5.41 Å². The highest BCUT2D eigenvalue weighted by Gasteiger charge is 2.57. The van der Waals surface area contributed by atoms with E-state index in [4.69, 9.17) is 14.6 Å². The van der Waals surface area contributed by atoms with Gasteiger partial charge in [-0.15, -0.1) is 28.2 Å². The van der Waals surface area contributed by atoms with E-state index in [0.717, 1.165) is 23.1 Å². The molecule has 0 saturated carbocycles. The maximum absolute atomic E-state index is 13.1. The Balaban J connectivity index is 1.44. The molecule has 0 aromatic carbocycles. The van der Waals surface area contributed by atoms with Gasteiger partial charge < -0.3 is 35.3 Å². The van der Waals surface area contributed by atoms with Gasteiger partial charge in [0.05, 0.1) is 6.16 Å². The molecule has 2 aliphatic heterocycles. The molecule has 0 bridgehead atoms. The summed E-state index contributed by atoms with van der Waals surface area (Å²) in [6.45, 7) is -0.582.